The molecule has 0 bridgehead atoms. The number of nitrogens with zero attached hydrogens (tertiary/aromatic N) is 2. The fraction of sp³-hybridized carbons (Fsp3) is 0.350. The molecule has 1 saturated heterocycles. The van der Waals surface area contributed by atoms with E-state index in [1.54, 1.807) is 18.2 Å². The molecular formula is C20H25N3O4S. The van der Waals surface area contributed by atoms with Crippen molar-refractivity contribution in [2.75, 3.05) is 50.1 Å². The van der Waals surface area contributed by atoms with Crippen molar-refractivity contribution in [1.82, 2.24) is 4.31 Å². The van der Waals surface area contributed by atoms with E-state index >= 15 is 0 Å². The van der Waals surface area contributed by atoms with Crippen LogP contribution in [-0.4, -0.2) is 58.5 Å². The molecule has 1 heterocycles. The number of sulfonamides is 1. The lowest BCUT2D eigenvalue weighted by atomic mass is 10.2. The van der Waals surface area contributed by atoms with Crippen molar-refractivity contribution in [1.29, 1.82) is 0 Å². The van der Waals surface area contributed by atoms with Gasteiger partial charge in [0, 0.05) is 38.1 Å². The van der Waals surface area contributed by atoms with E-state index in [0.717, 1.165) is 12.2 Å². The quantitative estimate of drug-likeness (QED) is 0.801. The summed E-state index contributed by atoms with van der Waals surface area (Å²) in [5.74, 6) is -0.455. The van der Waals surface area contributed by atoms with Gasteiger partial charge in [-0.25, -0.2) is 8.42 Å². The van der Waals surface area contributed by atoms with E-state index in [2.05, 4.69) is 5.32 Å². The molecular weight excluding hydrogens is 378 g/mol. The number of carbonyl (C=O) groups excluding carboxylic acids is 1. The minimum atomic E-state index is -3.77. The number of hydrogen-bond donors (Lipinski definition) is 1. The van der Waals surface area contributed by atoms with Crippen LogP contribution in [0.3, 0.4) is 0 Å². The Bertz CT molecular complexity index is 940. The Kier molecular flexibility index (Phi) is 6.33. The first kappa shape index (κ1) is 20.3. The Morgan fingerprint density at radius 1 is 1.14 bits per heavy atom. The molecule has 0 radical (unpaired) electrons. The Morgan fingerprint density at radius 2 is 1.86 bits per heavy atom. The molecule has 7 nitrogen and oxygen atoms in total. The molecule has 1 fully saturated rings. The summed E-state index contributed by atoms with van der Waals surface area (Å²) in [6.07, 6.45) is 0. The predicted octanol–water partition coefficient (Wildman–Crippen LogP) is 2.42. The Morgan fingerprint density at radius 3 is 2.57 bits per heavy atom. The Balaban J connectivity index is 1.87. The maximum atomic E-state index is 13.0. The number of amides is 1. The van der Waals surface area contributed by atoms with Gasteiger partial charge in [0.1, 0.15) is 0 Å². The highest BCUT2D eigenvalue weighted by Gasteiger charge is 2.30. The topological polar surface area (TPSA) is 79.0 Å². The molecule has 0 aromatic heterocycles. The SMILES string of the molecule is CCN(C)c1cccc(NC(=O)c2ccccc2S(=O)(=O)N2CCOCC2)c1. The Hall–Kier alpha value is -2.42. The Labute approximate surface area is 166 Å². The van der Waals surface area contributed by atoms with E-state index in [4.69, 9.17) is 4.74 Å². The predicted molar refractivity (Wildman–Crippen MR) is 109 cm³/mol. The molecule has 150 valence electrons. The molecule has 3 rings (SSSR count). The molecule has 0 unspecified atom stereocenters. The third-order valence-electron chi connectivity index (χ3n) is 4.74. The highest BCUT2D eigenvalue weighted by molar-refractivity contribution is 7.89. The lowest BCUT2D eigenvalue weighted by Gasteiger charge is -2.26. The van der Waals surface area contributed by atoms with Crippen molar-refractivity contribution < 1.29 is 17.9 Å². The number of carbonyl (C=O) groups is 1. The van der Waals surface area contributed by atoms with Crippen molar-refractivity contribution >= 4 is 27.3 Å². The molecule has 1 amide bonds. The molecule has 1 N–H and O–H groups in total. The first-order valence-corrected chi connectivity index (χ1v) is 10.7. The maximum Gasteiger partial charge on any atom is 0.257 e. The first-order chi connectivity index (χ1) is 13.4. The summed E-state index contributed by atoms with van der Waals surface area (Å²) in [6.45, 7) is 4.14. The summed E-state index contributed by atoms with van der Waals surface area (Å²) >= 11 is 0. The van der Waals surface area contributed by atoms with Gasteiger partial charge in [0.15, 0.2) is 0 Å². The highest BCUT2D eigenvalue weighted by atomic mass is 32.2. The van der Waals surface area contributed by atoms with Gasteiger partial charge in [0.25, 0.3) is 5.91 Å². The third kappa shape index (κ3) is 4.35. The van der Waals surface area contributed by atoms with Gasteiger partial charge < -0.3 is 15.0 Å². The summed E-state index contributed by atoms with van der Waals surface area (Å²) in [6, 6.07) is 13.7. The van der Waals surface area contributed by atoms with Crippen LogP contribution in [0, 0.1) is 0 Å². The minimum Gasteiger partial charge on any atom is -0.379 e. The number of nitrogens with one attached hydrogen (secondary N) is 1. The van der Waals surface area contributed by atoms with Crippen molar-refractivity contribution in [2.45, 2.75) is 11.8 Å². The average molecular weight is 404 g/mol. The zero-order valence-corrected chi connectivity index (χ0v) is 16.9. The van der Waals surface area contributed by atoms with Crippen LogP contribution in [0.5, 0.6) is 0 Å². The zero-order valence-electron chi connectivity index (χ0n) is 16.1. The van der Waals surface area contributed by atoms with Crippen molar-refractivity contribution in [2.24, 2.45) is 0 Å². The first-order valence-electron chi connectivity index (χ1n) is 9.23. The number of benzene rings is 2. The van der Waals surface area contributed by atoms with Gasteiger partial charge in [-0.15, -0.1) is 0 Å². The van der Waals surface area contributed by atoms with E-state index in [1.165, 1.54) is 16.4 Å². The fourth-order valence-electron chi connectivity index (χ4n) is 3.01. The van der Waals surface area contributed by atoms with Gasteiger partial charge in [0.2, 0.25) is 10.0 Å². The van der Waals surface area contributed by atoms with Crippen LogP contribution < -0.4 is 10.2 Å². The van der Waals surface area contributed by atoms with Gasteiger partial charge in [-0.1, -0.05) is 18.2 Å². The summed E-state index contributed by atoms with van der Waals surface area (Å²) in [7, 11) is -1.81. The second-order valence-corrected chi connectivity index (χ2v) is 8.44. The molecule has 1 aliphatic heterocycles. The minimum absolute atomic E-state index is 0.0104. The van der Waals surface area contributed by atoms with Crippen LogP contribution in [0.4, 0.5) is 11.4 Å². The van der Waals surface area contributed by atoms with E-state index < -0.39 is 15.9 Å². The monoisotopic (exact) mass is 403 g/mol. The van der Waals surface area contributed by atoms with Gasteiger partial charge in [0.05, 0.1) is 23.7 Å². The average Bonchev–Trinajstić information content (AvgIpc) is 2.74. The lowest BCUT2D eigenvalue weighted by molar-refractivity contribution is 0.0730. The van der Waals surface area contributed by atoms with Crippen molar-refractivity contribution in [3.63, 3.8) is 0 Å². The van der Waals surface area contributed by atoms with Crippen LogP contribution in [0.1, 0.15) is 17.3 Å². The second-order valence-electron chi connectivity index (χ2n) is 6.53. The number of hydrogen-bond acceptors (Lipinski definition) is 5. The van der Waals surface area contributed by atoms with Crippen LogP contribution in [0.2, 0.25) is 0 Å². The molecule has 0 aliphatic carbocycles. The largest absolute Gasteiger partial charge is 0.379 e. The standard InChI is InChI=1S/C20H25N3O4S/c1-3-22(2)17-8-6-7-16(15-17)21-20(24)18-9-4-5-10-19(18)28(25,26)23-11-13-27-14-12-23/h4-10,15H,3,11-14H2,1-2H3,(H,21,24). The third-order valence-corrected chi connectivity index (χ3v) is 6.70. The number of ether oxygens (including phenoxy) is 1. The maximum absolute atomic E-state index is 13.0. The zero-order chi connectivity index (χ0) is 20.1. The van der Waals surface area contributed by atoms with Crippen LogP contribution in [-0.2, 0) is 14.8 Å². The van der Waals surface area contributed by atoms with E-state index in [0.29, 0.717) is 18.9 Å². The van der Waals surface area contributed by atoms with Gasteiger partial charge in [-0.3, -0.25) is 4.79 Å². The molecule has 0 spiro atoms. The molecule has 8 heteroatoms. The van der Waals surface area contributed by atoms with Crippen molar-refractivity contribution in [3.8, 4) is 0 Å². The summed E-state index contributed by atoms with van der Waals surface area (Å²) in [5, 5.41) is 2.82. The van der Waals surface area contributed by atoms with Crippen molar-refractivity contribution in [3.05, 3.63) is 54.1 Å². The second kappa shape index (κ2) is 8.72. The molecule has 2 aromatic carbocycles. The molecule has 0 saturated carbocycles. The number of anilines is 2. The lowest BCUT2D eigenvalue weighted by Crippen LogP contribution is -2.41. The fourth-order valence-corrected chi connectivity index (χ4v) is 4.60. The highest BCUT2D eigenvalue weighted by Crippen LogP contribution is 2.23. The number of rotatable bonds is 6. The molecule has 0 atom stereocenters. The summed E-state index contributed by atoms with van der Waals surface area (Å²) in [5.41, 5.74) is 1.71. The normalized spacial score (nSPS) is 15.2. The number of morpholine rings is 1. The van der Waals surface area contributed by atoms with E-state index in [-0.39, 0.29) is 23.5 Å². The van der Waals surface area contributed by atoms with Crippen LogP contribution in [0.15, 0.2) is 53.4 Å². The summed E-state index contributed by atoms with van der Waals surface area (Å²) in [4.78, 5) is 14.9. The molecule has 28 heavy (non-hydrogen) atoms. The van der Waals surface area contributed by atoms with Crippen LogP contribution in [0.25, 0.3) is 0 Å². The van der Waals surface area contributed by atoms with Gasteiger partial charge in [-0.2, -0.15) is 4.31 Å². The smallest absolute Gasteiger partial charge is 0.257 e. The van der Waals surface area contributed by atoms with Gasteiger partial charge in [-0.05, 0) is 37.3 Å². The van der Waals surface area contributed by atoms with Gasteiger partial charge >= 0.3 is 0 Å². The molecule has 1 aliphatic rings. The van der Waals surface area contributed by atoms with E-state index in [1.807, 2.05) is 37.1 Å². The van der Waals surface area contributed by atoms with Crippen LogP contribution >= 0.6 is 0 Å². The summed E-state index contributed by atoms with van der Waals surface area (Å²) < 4.78 is 32.7. The van der Waals surface area contributed by atoms with E-state index in [9.17, 15) is 13.2 Å². The molecule has 2 aromatic rings.